The molecule has 0 radical (unpaired) electrons. The first-order valence-electron chi connectivity index (χ1n) is 4.68. The zero-order valence-electron chi connectivity index (χ0n) is 8.36. The normalized spacial score (nSPS) is 16.6. The molecule has 1 saturated carbocycles. The molecule has 0 heterocycles. The third-order valence-electron chi connectivity index (χ3n) is 2.70. The molecule has 0 aliphatic heterocycles. The first kappa shape index (κ1) is 9.74. The Kier molecular flexibility index (Phi) is 2.21. The number of ether oxygens (including phenoxy) is 1. The molecule has 0 atom stereocenters. The summed E-state index contributed by atoms with van der Waals surface area (Å²) in [6, 6.07) is 5.07. The Morgan fingerprint density at radius 2 is 2.27 bits per heavy atom. The summed E-state index contributed by atoms with van der Waals surface area (Å²) in [7, 11) is 1.49. The summed E-state index contributed by atoms with van der Waals surface area (Å²) in [6.07, 6.45) is 3.23. The Labute approximate surface area is 87.2 Å². The summed E-state index contributed by atoms with van der Waals surface area (Å²) in [4.78, 5) is 14.0. The maximum atomic E-state index is 10.3. The number of benzene rings is 1. The summed E-state index contributed by atoms with van der Waals surface area (Å²) in [5, 5.41) is 9.59. The van der Waals surface area contributed by atoms with Crippen LogP contribution in [-0.2, 0) is 10.3 Å². The average molecular weight is 205 g/mol. The van der Waals surface area contributed by atoms with Crippen LogP contribution in [0, 0.1) is 0 Å². The molecule has 0 unspecified atom stereocenters. The van der Waals surface area contributed by atoms with Gasteiger partial charge in [-0.3, -0.25) is 0 Å². The van der Waals surface area contributed by atoms with Crippen LogP contribution in [0.1, 0.15) is 18.4 Å². The van der Waals surface area contributed by atoms with Crippen LogP contribution in [0.3, 0.4) is 0 Å². The highest BCUT2D eigenvalue weighted by molar-refractivity contribution is 5.48. The van der Waals surface area contributed by atoms with E-state index in [0.29, 0.717) is 5.75 Å². The van der Waals surface area contributed by atoms with E-state index in [2.05, 4.69) is 4.99 Å². The number of carbonyl (C=O) groups excluding carboxylic acids is 1. The van der Waals surface area contributed by atoms with E-state index in [4.69, 9.17) is 4.74 Å². The predicted molar refractivity (Wildman–Crippen MR) is 53.7 cm³/mol. The van der Waals surface area contributed by atoms with Crippen molar-refractivity contribution in [3.05, 3.63) is 23.8 Å². The minimum absolute atomic E-state index is 0.0716. The van der Waals surface area contributed by atoms with E-state index < -0.39 is 5.54 Å². The highest BCUT2D eigenvalue weighted by Gasteiger charge is 2.45. The number of phenols is 1. The summed E-state index contributed by atoms with van der Waals surface area (Å²) < 4.78 is 4.94. The van der Waals surface area contributed by atoms with Crippen LogP contribution in [0.25, 0.3) is 0 Å². The van der Waals surface area contributed by atoms with Gasteiger partial charge in [-0.05, 0) is 30.5 Å². The van der Waals surface area contributed by atoms with Crippen LogP contribution >= 0.6 is 0 Å². The number of aromatic hydroxyl groups is 1. The lowest BCUT2D eigenvalue weighted by molar-refractivity contribution is 0.372. The molecule has 1 aliphatic carbocycles. The van der Waals surface area contributed by atoms with E-state index in [1.807, 2.05) is 6.07 Å². The lowest BCUT2D eigenvalue weighted by Crippen LogP contribution is -2.01. The Hall–Kier alpha value is -1.80. The van der Waals surface area contributed by atoms with Gasteiger partial charge in [0.15, 0.2) is 11.5 Å². The number of rotatable bonds is 3. The average Bonchev–Trinajstić information content (AvgIpc) is 2.99. The molecule has 1 N–H and O–H groups in total. The molecule has 4 nitrogen and oxygen atoms in total. The van der Waals surface area contributed by atoms with Gasteiger partial charge in [0, 0.05) is 0 Å². The van der Waals surface area contributed by atoms with Crippen LogP contribution in [0.15, 0.2) is 23.2 Å². The second kappa shape index (κ2) is 3.41. The zero-order valence-corrected chi connectivity index (χ0v) is 8.36. The van der Waals surface area contributed by atoms with Gasteiger partial charge >= 0.3 is 0 Å². The lowest BCUT2D eigenvalue weighted by atomic mass is 10.1. The van der Waals surface area contributed by atoms with Crippen LogP contribution < -0.4 is 4.74 Å². The van der Waals surface area contributed by atoms with E-state index in [1.165, 1.54) is 7.11 Å². The van der Waals surface area contributed by atoms with Crippen molar-refractivity contribution in [2.75, 3.05) is 7.11 Å². The second-order valence-electron chi connectivity index (χ2n) is 3.62. The minimum Gasteiger partial charge on any atom is -0.504 e. The number of methoxy groups -OCH3 is 1. The van der Waals surface area contributed by atoms with Crippen molar-refractivity contribution in [3.63, 3.8) is 0 Å². The molecule has 2 rings (SSSR count). The van der Waals surface area contributed by atoms with Crippen LogP contribution in [0.5, 0.6) is 11.5 Å². The van der Waals surface area contributed by atoms with E-state index in [9.17, 15) is 9.90 Å². The summed E-state index contributed by atoms with van der Waals surface area (Å²) >= 11 is 0. The number of isocyanates is 1. The molecule has 1 fully saturated rings. The Bertz CT molecular complexity index is 431. The third kappa shape index (κ3) is 1.60. The van der Waals surface area contributed by atoms with Gasteiger partial charge in [-0.2, -0.15) is 4.99 Å². The highest BCUT2D eigenvalue weighted by Crippen LogP contribution is 2.50. The highest BCUT2D eigenvalue weighted by atomic mass is 16.5. The number of phenolic OH excluding ortho intramolecular Hbond substituents is 1. The van der Waals surface area contributed by atoms with Crippen molar-refractivity contribution in [3.8, 4) is 11.5 Å². The number of hydrogen-bond donors (Lipinski definition) is 1. The fourth-order valence-electron chi connectivity index (χ4n) is 1.65. The molecule has 1 aromatic rings. The Balaban J connectivity index is 2.38. The van der Waals surface area contributed by atoms with Crippen LogP contribution in [0.4, 0.5) is 0 Å². The van der Waals surface area contributed by atoms with Gasteiger partial charge < -0.3 is 9.84 Å². The molecule has 1 aromatic carbocycles. The van der Waals surface area contributed by atoms with E-state index >= 15 is 0 Å². The van der Waals surface area contributed by atoms with Crippen molar-refractivity contribution in [1.82, 2.24) is 0 Å². The summed E-state index contributed by atoms with van der Waals surface area (Å²) in [5.41, 5.74) is 0.398. The molecule has 78 valence electrons. The van der Waals surface area contributed by atoms with E-state index in [1.54, 1.807) is 18.2 Å². The van der Waals surface area contributed by atoms with Gasteiger partial charge in [-0.15, -0.1) is 0 Å². The van der Waals surface area contributed by atoms with Crippen LogP contribution in [0.2, 0.25) is 0 Å². The first-order valence-corrected chi connectivity index (χ1v) is 4.68. The summed E-state index contributed by atoms with van der Waals surface area (Å²) in [5.74, 6) is 0.493. The van der Waals surface area contributed by atoms with Crippen LogP contribution in [-0.4, -0.2) is 18.3 Å². The molecule has 0 saturated heterocycles. The lowest BCUT2D eigenvalue weighted by Gasteiger charge is -2.10. The minimum atomic E-state index is -0.439. The second-order valence-corrected chi connectivity index (χ2v) is 3.62. The number of nitrogens with zero attached hydrogens (tertiary/aromatic N) is 1. The fraction of sp³-hybridized carbons (Fsp3) is 0.364. The van der Waals surface area contributed by atoms with Crippen molar-refractivity contribution < 1.29 is 14.6 Å². The molecule has 0 bridgehead atoms. The van der Waals surface area contributed by atoms with Gasteiger partial charge in [0.25, 0.3) is 0 Å². The zero-order chi connectivity index (χ0) is 10.9. The van der Waals surface area contributed by atoms with Gasteiger partial charge in [-0.25, -0.2) is 4.79 Å². The Morgan fingerprint density at radius 1 is 1.53 bits per heavy atom. The molecule has 1 aliphatic rings. The van der Waals surface area contributed by atoms with Crippen molar-refractivity contribution in [2.45, 2.75) is 18.4 Å². The number of hydrogen-bond acceptors (Lipinski definition) is 4. The van der Waals surface area contributed by atoms with Gasteiger partial charge in [-0.1, -0.05) is 6.07 Å². The topological polar surface area (TPSA) is 58.9 Å². The molecule has 15 heavy (non-hydrogen) atoms. The summed E-state index contributed by atoms with van der Waals surface area (Å²) in [6.45, 7) is 0. The predicted octanol–water partition coefficient (Wildman–Crippen LogP) is 1.73. The third-order valence-corrected chi connectivity index (χ3v) is 2.70. The molecule has 0 aromatic heterocycles. The van der Waals surface area contributed by atoms with Crippen molar-refractivity contribution in [1.29, 1.82) is 0 Å². The maximum Gasteiger partial charge on any atom is 0.235 e. The smallest absolute Gasteiger partial charge is 0.235 e. The molecule has 0 amide bonds. The van der Waals surface area contributed by atoms with E-state index in [-0.39, 0.29) is 5.75 Å². The molecule has 4 heteroatoms. The number of aliphatic imine (C=N–C) groups is 1. The molecule has 0 spiro atoms. The van der Waals surface area contributed by atoms with Gasteiger partial charge in [0.05, 0.1) is 12.6 Å². The fourth-order valence-corrected chi connectivity index (χ4v) is 1.65. The largest absolute Gasteiger partial charge is 0.504 e. The van der Waals surface area contributed by atoms with Gasteiger partial charge in [0.2, 0.25) is 6.08 Å². The quantitative estimate of drug-likeness (QED) is 0.603. The molecular formula is C11H11NO3. The van der Waals surface area contributed by atoms with Crippen molar-refractivity contribution >= 4 is 6.08 Å². The first-order chi connectivity index (χ1) is 7.22. The monoisotopic (exact) mass is 205 g/mol. The maximum absolute atomic E-state index is 10.3. The molecular weight excluding hydrogens is 194 g/mol. The van der Waals surface area contributed by atoms with E-state index in [0.717, 1.165) is 18.4 Å². The van der Waals surface area contributed by atoms with Gasteiger partial charge in [0.1, 0.15) is 0 Å². The standard InChI is InChI=1S/C11H11NO3/c1-15-10-3-2-8(6-9(10)14)11(4-5-11)12-7-13/h2-3,6,14H,4-5H2,1H3. The SMILES string of the molecule is COc1ccc(C2(N=C=O)CC2)cc1O. The van der Waals surface area contributed by atoms with Crippen molar-refractivity contribution in [2.24, 2.45) is 4.99 Å². The Morgan fingerprint density at radius 3 is 2.73 bits per heavy atom.